The van der Waals surface area contributed by atoms with Gasteiger partial charge in [-0.25, -0.2) is 0 Å². The van der Waals surface area contributed by atoms with Crippen molar-refractivity contribution in [2.45, 2.75) is 33.1 Å². The minimum Gasteiger partial charge on any atom is -0.493 e. The molecule has 2 aromatic heterocycles. The van der Waals surface area contributed by atoms with Crippen LogP contribution in [0.4, 0.5) is 0 Å². The number of unbranched alkanes of at least 4 members (excludes halogenated alkanes) is 2. The monoisotopic (exact) mass is 435 g/mol. The third-order valence-corrected chi connectivity index (χ3v) is 5.94. The minimum absolute atomic E-state index is 0.176. The van der Waals surface area contributed by atoms with E-state index in [4.69, 9.17) is 9.47 Å². The quantitative estimate of drug-likeness (QED) is 0.387. The highest BCUT2D eigenvalue weighted by Gasteiger charge is 2.12. The first-order valence-electron chi connectivity index (χ1n) is 10.4. The molecule has 4 rings (SSSR count). The molecule has 6 nitrogen and oxygen atoms in total. The SMILES string of the molecule is CCCCCOc1ccc(/C=c2\sc3nc(-c4ccc(C)cc4)nn3c2=O)cc1OC. The summed E-state index contributed by atoms with van der Waals surface area (Å²) < 4.78 is 13.3. The van der Waals surface area contributed by atoms with Gasteiger partial charge in [0.05, 0.1) is 18.2 Å². The van der Waals surface area contributed by atoms with Crippen molar-refractivity contribution in [2.24, 2.45) is 0 Å². The first kappa shape index (κ1) is 21.1. The number of benzene rings is 2. The Hall–Kier alpha value is -3.19. The largest absolute Gasteiger partial charge is 0.493 e. The topological polar surface area (TPSA) is 65.7 Å². The number of aromatic nitrogens is 3. The van der Waals surface area contributed by atoms with Crippen molar-refractivity contribution >= 4 is 22.4 Å². The number of nitrogens with zero attached hydrogens (tertiary/aromatic N) is 3. The van der Waals surface area contributed by atoms with Crippen molar-refractivity contribution in [3.63, 3.8) is 0 Å². The summed E-state index contributed by atoms with van der Waals surface area (Å²) in [4.78, 5) is 18.0. The van der Waals surface area contributed by atoms with Crippen LogP contribution in [0.25, 0.3) is 22.4 Å². The summed E-state index contributed by atoms with van der Waals surface area (Å²) in [5.41, 5.74) is 2.74. The zero-order valence-electron chi connectivity index (χ0n) is 17.9. The average Bonchev–Trinajstić information content (AvgIpc) is 3.32. The lowest BCUT2D eigenvalue weighted by molar-refractivity contribution is 0.286. The van der Waals surface area contributed by atoms with Crippen molar-refractivity contribution in [1.82, 2.24) is 14.6 Å². The van der Waals surface area contributed by atoms with Crippen LogP contribution in [0.1, 0.15) is 37.3 Å². The molecule has 0 amide bonds. The molecule has 160 valence electrons. The van der Waals surface area contributed by atoms with E-state index in [1.807, 2.05) is 55.5 Å². The number of hydrogen-bond donors (Lipinski definition) is 0. The number of ether oxygens (including phenoxy) is 2. The molecule has 0 aliphatic heterocycles. The summed E-state index contributed by atoms with van der Waals surface area (Å²) >= 11 is 1.32. The van der Waals surface area contributed by atoms with Crippen LogP contribution >= 0.6 is 11.3 Å². The Bertz CT molecular complexity index is 1290. The molecular weight excluding hydrogens is 410 g/mol. The van der Waals surface area contributed by atoms with Gasteiger partial charge < -0.3 is 9.47 Å². The Labute approximate surface area is 184 Å². The molecule has 0 saturated carbocycles. The lowest BCUT2D eigenvalue weighted by Crippen LogP contribution is -2.23. The van der Waals surface area contributed by atoms with E-state index < -0.39 is 0 Å². The van der Waals surface area contributed by atoms with E-state index in [1.165, 1.54) is 21.4 Å². The van der Waals surface area contributed by atoms with Crippen LogP contribution in [-0.4, -0.2) is 28.3 Å². The van der Waals surface area contributed by atoms with Crippen molar-refractivity contribution in [2.75, 3.05) is 13.7 Å². The van der Waals surface area contributed by atoms with Gasteiger partial charge in [-0.2, -0.15) is 9.50 Å². The summed E-state index contributed by atoms with van der Waals surface area (Å²) in [6.45, 7) is 4.85. The standard InChI is InChI=1S/C24H25N3O3S/c1-4-5-6-13-30-19-12-9-17(14-20(19)29-3)15-21-23(28)27-24(31-21)25-22(26-27)18-10-7-16(2)8-11-18/h7-12,14-15H,4-6,13H2,1-3H3/b21-15-. The Morgan fingerprint density at radius 3 is 2.61 bits per heavy atom. The molecule has 2 aromatic carbocycles. The van der Waals surface area contributed by atoms with Crippen LogP contribution in [0, 0.1) is 6.92 Å². The molecule has 0 fully saturated rings. The zero-order valence-corrected chi connectivity index (χ0v) is 18.7. The van der Waals surface area contributed by atoms with E-state index in [1.54, 1.807) is 7.11 Å². The van der Waals surface area contributed by atoms with Crippen molar-refractivity contribution in [3.8, 4) is 22.9 Å². The van der Waals surface area contributed by atoms with E-state index in [0.717, 1.165) is 30.4 Å². The maximum atomic E-state index is 12.8. The minimum atomic E-state index is -0.176. The predicted molar refractivity (Wildman–Crippen MR) is 124 cm³/mol. The second kappa shape index (κ2) is 9.31. The van der Waals surface area contributed by atoms with Crippen molar-refractivity contribution in [3.05, 3.63) is 68.5 Å². The summed E-state index contributed by atoms with van der Waals surface area (Å²) in [6.07, 6.45) is 5.13. The fraction of sp³-hybridized carbons (Fsp3) is 0.292. The first-order chi connectivity index (χ1) is 15.1. The molecule has 7 heteroatoms. The van der Waals surface area contributed by atoms with E-state index in [-0.39, 0.29) is 5.56 Å². The molecule has 0 saturated heterocycles. The Morgan fingerprint density at radius 1 is 1.10 bits per heavy atom. The summed E-state index contributed by atoms with van der Waals surface area (Å²) in [7, 11) is 1.62. The summed E-state index contributed by atoms with van der Waals surface area (Å²) in [5.74, 6) is 1.92. The maximum absolute atomic E-state index is 12.8. The van der Waals surface area contributed by atoms with Crippen LogP contribution in [-0.2, 0) is 0 Å². The van der Waals surface area contributed by atoms with Gasteiger partial charge in [0, 0.05) is 5.56 Å². The van der Waals surface area contributed by atoms with Gasteiger partial charge in [0.2, 0.25) is 4.96 Å². The number of fused-ring (bicyclic) bond motifs is 1. The fourth-order valence-corrected chi connectivity index (χ4v) is 4.15. The zero-order chi connectivity index (χ0) is 21.8. The number of methoxy groups -OCH3 is 1. The van der Waals surface area contributed by atoms with E-state index in [2.05, 4.69) is 17.0 Å². The predicted octanol–water partition coefficient (Wildman–Crippen LogP) is 4.25. The van der Waals surface area contributed by atoms with Crippen molar-refractivity contribution < 1.29 is 9.47 Å². The maximum Gasteiger partial charge on any atom is 0.291 e. The molecular formula is C24H25N3O3S. The molecule has 4 aromatic rings. The lowest BCUT2D eigenvalue weighted by Gasteiger charge is -2.11. The molecule has 0 bridgehead atoms. The molecule has 0 radical (unpaired) electrons. The molecule has 0 spiro atoms. The molecule has 31 heavy (non-hydrogen) atoms. The average molecular weight is 436 g/mol. The molecule has 0 aliphatic carbocycles. The highest BCUT2D eigenvalue weighted by Crippen LogP contribution is 2.28. The van der Waals surface area contributed by atoms with E-state index >= 15 is 0 Å². The molecule has 0 N–H and O–H groups in total. The fourth-order valence-electron chi connectivity index (χ4n) is 3.24. The lowest BCUT2D eigenvalue weighted by atomic mass is 10.1. The van der Waals surface area contributed by atoms with Gasteiger partial charge in [-0.05, 0) is 37.1 Å². The number of aryl methyl sites for hydroxylation is 1. The number of hydrogen-bond acceptors (Lipinski definition) is 6. The van der Waals surface area contributed by atoms with Crippen LogP contribution in [0.5, 0.6) is 11.5 Å². The number of rotatable bonds is 8. The normalized spacial score (nSPS) is 11.9. The molecule has 2 heterocycles. The Balaban J connectivity index is 1.61. The van der Waals surface area contributed by atoms with Gasteiger partial charge in [0.25, 0.3) is 5.56 Å². The number of thiazole rings is 1. The van der Waals surface area contributed by atoms with E-state index in [9.17, 15) is 4.79 Å². The van der Waals surface area contributed by atoms with Crippen LogP contribution in [0.15, 0.2) is 47.3 Å². The molecule has 0 unspecified atom stereocenters. The third kappa shape index (κ3) is 4.61. The van der Waals surface area contributed by atoms with Crippen LogP contribution < -0.4 is 19.6 Å². The van der Waals surface area contributed by atoms with Gasteiger partial charge in [-0.1, -0.05) is 67.0 Å². The van der Waals surface area contributed by atoms with Crippen molar-refractivity contribution in [1.29, 1.82) is 0 Å². The second-order valence-electron chi connectivity index (χ2n) is 7.38. The second-order valence-corrected chi connectivity index (χ2v) is 8.39. The third-order valence-electron chi connectivity index (χ3n) is 4.98. The Kier molecular flexibility index (Phi) is 6.32. The molecule has 0 aliphatic rings. The van der Waals surface area contributed by atoms with Crippen LogP contribution in [0.2, 0.25) is 0 Å². The smallest absolute Gasteiger partial charge is 0.291 e. The highest BCUT2D eigenvalue weighted by molar-refractivity contribution is 7.15. The molecule has 0 atom stereocenters. The summed E-state index contributed by atoms with van der Waals surface area (Å²) in [6, 6.07) is 13.6. The van der Waals surface area contributed by atoms with Gasteiger partial charge in [0.15, 0.2) is 17.3 Å². The summed E-state index contributed by atoms with van der Waals surface area (Å²) in [5, 5.41) is 4.41. The van der Waals surface area contributed by atoms with E-state index in [0.29, 0.717) is 33.4 Å². The van der Waals surface area contributed by atoms with Gasteiger partial charge in [-0.3, -0.25) is 4.79 Å². The van der Waals surface area contributed by atoms with Gasteiger partial charge in [0.1, 0.15) is 0 Å². The van der Waals surface area contributed by atoms with Gasteiger partial charge >= 0.3 is 0 Å². The highest BCUT2D eigenvalue weighted by atomic mass is 32.1. The van der Waals surface area contributed by atoms with Crippen LogP contribution in [0.3, 0.4) is 0 Å². The first-order valence-corrected chi connectivity index (χ1v) is 11.2. The Morgan fingerprint density at radius 2 is 1.90 bits per heavy atom. The van der Waals surface area contributed by atoms with Gasteiger partial charge in [-0.15, -0.1) is 5.10 Å².